The highest BCUT2D eigenvalue weighted by molar-refractivity contribution is 6.10. The predicted molar refractivity (Wildman–Crippen MR) is 138 cm³/mol. The molecule has 3 heterocycles. The molecule has 1 aliphatic rings. The van der Waals surface area contributed by atoms with Crippen LogP contribution in [0.3, 0.4) is 0 Å². The second kappa shape index (κ2) is 8.79. The number of imidazole rings is 1. The van der Waals surface area contributed by atoms with Crippen LogP contribution in [0.1, 0.15) is 34.5 Å². The Morgan fingerprint density at radius 3 is 2.28 bits per heavy atom. The Balaban J connectivity index is 1.61. The summed E-state index contributed by atoms with van der Waals surface area (Å²) in [6.07, 6.45) is 4.73. The summed E-state index contributed by atoms with van der Waals surface area (Å²) in [5, 5.41) is 3.07. The van der Waals surface area contributed by atoms with Gasteiger partial charge < -0.3 is 9.88 Å². The molecular formula is C30H25F2N3O. The highest BCUT2D eigenvalue weighted by atomic mass is 19.1. The first-order chi connectivity index (χ1) is 17.5. The van der Waals surface area contributed by atoms with Gasteiger partial charge in [0.2, 0.25) is 0 Å². The molecule has 0 fully saturated rings. The summed E-state index contributed by atoms with van der Waals surface area (Å²) in [6, 6.07) is 20.5. The monoisotopic (exact) mass is 481 g/mol. The van der Waals surface area contributed by atoms with Gasteiger partial charge in [0.05, 0.1) is 5.69 Å². The topological polar surface area (TPSA) is 38.4 Å². The zero-order valence-corrected chi connectivity index (χ0v) is 19.9. The molecule has 180 valence electrons. The molecule has 1 amide bonds. The van der Waals surface area contributed by atoms with Crippen LogP contribution in [0, 0.1) is 18.6 Å². The molecule has 0 unspecified atom stereocenters. The van der Waals surface area contributed by atoms with E-state index < -0.39 is 0 Å². The van der Waals surface area contributed by atoms with E-state index in [0.717, 1.165) is 65.0 Å². The summed E-state index contributed by atoms with van der Waals surface area (Å²) < 4.78 is 31.6. The number of nitrogens with one attached hydrogen (secondary N) is 1. The minimum atomic E-state index is -0.317. The molecule has 0 saturated heterocycles. The lowest BCUT2D eigenvalue weighted by molar-refractivity contribution is 0.102. The number of hydrogen-bond donors (Lipinski definition) is 1. The quantitative estimate of drug-likeness (QED) is 0.288. The highest BCUT2D eigenvalue weighted by Crippen LogP contribution is 2.39. The number of aryl methyl sites for hydroxylation is 3. The van der Waals surface area contributed by atoms with E-state index in [4.69, 9.17) is 0 Å². The van der Waals surface area contributed by atoms with Gasteiger partial charge in [-0.1, -0.05) is 24.3 Å². The van der Waals surface area contributed by atoms with Crippen molar-refractivity contribution < 1.29 is 13.6 Å². The summed E-state index contributed by atoms with van der Waals surface area (Å²) in [5.41, 5.74) is 7.76. The number of hydrogen-bond acceptors (Lipinski definition) is 1. The number of halogens is 2. The van der Waals surface area contributed by atoms with Crippen molar-refractivity contribution in [2.24, 2.45) is 0 Å². The average Bonchev–Trinajstić information content (AvgIpc) is 3.28. The zero-order chi connectivity index (χ0) is 24.8. The van der Waals surface area contributed by atoms with Gasteiger partial charge in [-0.3, -0.25) is 9.20 Å². The Bertz CT molecular complexity index is 1590. The number of amides is 1. The predicted octanol–water partition coefficient (Wildman–Crippen LogP) is 7.25. The zero-order valence-electron chi connectivity index (χ0n) is 19.9. The third-order valence-electron chi connectivity index (χ3n) is 6.90. The Hall–Kier alpha value is -4.19. The van der Waals surface area contributed by atoms with Crippen LogP contribution in [-0.4, -0.2) is 14.9 Å². The van der Waals surface area contributed by atoms with Crippen LogP contribution in [0.25, 0.3) is 28.0 Å². The number of rotatable bonds is 4. The molecule has 1 N–H and O–H groups in total. The van der Waals surface area contributed by atoms with Crippen molar-refractivity contribution in [2.45, 2.75) is 32.7 Å². The maximum absolute atomic E-state index is 13.9. The van der Waals surface area contributed by atoms with Gasteiger partial charge in [0.1, 0.15) is 23.0 Å². The van der Waals surface area contributed by atoms with Crippen LogP contribution < -0.4 is 5.32 Å². The van der Waals surface area contributed by atoms with Crippen LogP contribution in [0.15, 0.2) is 79.0 Å². The van der Waals surface area contributed by atoms with Crippen molar-refractivity contribution in [1.29, 1.82) is 0 Å². The van der Waals surface area contributed by atoms with Gasteiger partial charge >= 0.3 is 0 Å². The number of aromatic nitrogens is 2. The molecule has 4 nitrogen and oxygen atoms in total. The lowest BCUT2D eigenvalue weighted by atomic mass is 9.97. The molecule has 2 aromatic heterocycles. The van der Waals surface area contributed by atoms with Crippen molar-refractivity contribution >= 4 is 17.2 Å². The molecular weight excluding hydrogens is 456 g/mol. The van der Waals surface area contributed by atoms with Crippen molar-refractivity contribution in [3.8, 4) is 22.4 Å². The number of anilines is 1. The summed E-state index contributed by atoms with van der Waals surface area (Å²) in [6.45, 7) is 2.77. The van der Waals surface area contributed by atoms with Crippen LogP contribution in [0.4, 0.5) is 14.5 Å². The molecule has 1 aliphatic heterocycles. The minimum absolute atomic E-state index is 0.232. The molecule has 0 radical (unpaired) electrons. The number of carbonyl (C=O) groups is 1. The second-order valence-corrected chi connectivity index (χ2v) is 9.36. The summed E-state index contributed by atoms with van der Waals surface area (Å²) >= 11 is 0. The first-order valence-corrected chi connectivity index (χ1v) is 12.2. The maximum atomic E-state index is 13.9. The Kier molecular flexibility index (Phi) is 5.44. The molecule has 6 heteroatoms. The lowest BCUT2D eigenvalue weighted by Gasteiger charge is -2.10. The fourth-order valence-corrected chi connectivity index (χ4v) is 5.30. The van der Waals surface area contributed by atoms with Crippen LogP contribution in [0.2, 0.25) is 0 Å². The minimum Gasteiger partial charge on any atom is -0.325 e. The maximum Gasteiger partial charge on any atom is 0.273 e. The molecule has 36 heavy (non-hydrogen) atoms. The average molecular weight is 482 g/mol. The van der Waals surface area contributed by atoms with Gasteiger partial charge in [-0.05, 0) is 91.4 Å². The van der Waals surface area contributed by atoms with E-state index in [2.05, 4.69) is 9.88 Å². The molecule has 3 aromatic carbocycles. The molecule has 6 rings (SSSR count). The van der Waals surface area contributed by atoms with Crippen LogP contribution in [0.5, 0.6) is 0 Å². The first kappa shape index (κ1) is 22.3. The summed E-state index contributed by atoms with van der Waals surface area (Å²) in [7, 11) is 0. The van der Waals surface area contributed by atoms with Crippen molar-refractivity contribution in [3.05, 3.63) is 107 Å². The smallest absolute Gasteiger partial charge is 0.273 e. The third-order valence-corrected chi connectivity index (χ3v) is 6.90. The Labute approximate surface area is 207 Å². The Morgan fingerprint density at radius 2 is 1.58 bits per heavy atom. The molecule has 0 aliphatic carbocycles. The molecule has 0 spiro atoms. The van der Waals surface area contributed by atoms with Crippen LogP contribution in [-0.2, 0) is 13.0 Å². The Morgan fingerprint density at radius 1 is 0.889 bits per heavy atom. The normalized spacial score (nSPS) is 13.1. The largest absolute Gasteiger partial charge is 0.325 e. The van der Waals surface area contributed by atoms with Gasteiger partial charge in [-0.25, -0.2) is 8.78 Å². The van der Waals surface area contributed by atoms with Crippen molar-refractivity contribution in [2.75, 3.05) is 5.32 Å². The van der Waals surface area contributed by atoms with E-state index in [1.165, 1.54) is 24.3 Å². The molecule has 0 bridgehead atoms. The summed E-state index contributed by atoms with van der Waals surface area (Å²) in [5.74, 6) is -0.836. The van der Waals surface area contributed by atoms with E-state index >= 15 is 0 Å². The third kappa shape index (κ3) is 3.79. The SMILES string of the molecule is Cc1cccc(NC(=O)c2c(-c3ccc(F)cc3)c3c4n(c(-c5ccc(F)cc5)cn24)CCCC3)c1. The van der Waals surface area contributed by atoms with Gasteiger partial charge in [0.15, 0.2) is 0 Å². The standard InChI is InChI=1S/C30H25F2N3O/c1-19-5-4-6-24(17-19)33-29(36)28-27(21-10-14-23(32)15-11-21)25-7-2-3-16-34-26(18-35(28)30(25)34)20-8-12-22(31)13-9-20/h4-6,8-15,17-18H,2-3,7,16H2,1H3,(H,33,36). The first-order valence-electron chi connectivity index (χ1n) is 12.2. The van der Waals surface area contributed by atoms with Gasteiger partial charge in [0.25, 0.3) is 5.91 Å². The van der Waals surface area contributed by atoms with E-state index in [1.54, 1.807) is 24.3 Å². The number of carbonyl (C=O) groups excluding carboxylic acids is 1. The molecule has 5 aromatic rings. The number of nitrogens with zero attached hydrogens (tertiary/aromatic N) is 2. The fraction of sp³-hybridized carbons (Fsp3) is 0.167. The molecule has 0 saturated carbocycles. The van der Waals surface area contributed by atoms with E-state index in [1.807, 2.05) is 41.8 Å². The van der Waals surface area contributed by atoms with Crippen LogP contribution >= 0.6 is 0 Å². The molecule has 0 atom stereocenters. The van der Waals surface area contributed by atoms with E-state index in [-0.39, 0.29) is 17.5 Å². The van der Waals surface area contributed by atoms with E-state index in [9.17, 15) is 13.6 Å². The lowest BCUT2D eigenvalue weighted by Crippen LogP contribution is -2.15. The highest BCUT2D eigenvalue weighted by Gasteiger charge is 2.29. The van der Waals surface area contributed by atoms with Crippen molar-refractivity contribution in [1.82, 2.24) is 8.97 Å². The van der Waals surface area contributed by atoms with Gasteiger partial charge in [0, 0.05) is 29.6 Å². The van der Waals surface area contributed by atoms with Gasteiger partial charge in [-0.15, -0.1) is 0 Å². The van der Waals surface area contributed by atoms with Gasteiger partial charge in [-0.2, -0.15) is 0 Å². The fourth-order valence-electron chi connectivity index (χ4n) is 5.30. The number of benzene rings is 3. The van der Waals surface area contributed by atoms with E-state index in [0.29, 0.717) is 11.4 Å². The second-order valence-electron chi connectivity index (χ2n) is 9.36. The summed E-state index contributed by atoms with van der Waals surface area (Å²) in [4.78, 5) is 13.9. The van der Waals surface area contributed by atoms with Crippen molar-refractivity contribution in [3.63, 3.8) is 0 Å².